The number of ether oxygens (including phenoxy) is 1. The van der Waals surface area contributed by atoms with Crippen molar-refractivity contribution < 1.29 is 9.15 Å². The molecule has 0 radical (unpaired) electrons. The number of benzene rings is 1. The Kier molecular flexibility index (Phi) is 2.59. The van der Waals surface area contributed by atoms with Gasteiger partial charge in [-0.1, -0.05) is 12.5 Å². The van der Waals surface area contributed by atoms with Gasteiger partial charge in [-0.2, -0.15) is 0 Å². The molecule has 0 saturated heterocycles. The van der Waals surface area contributed by atoms with Crippen molar-refractivity contribution in [2.24, 2.45) is 5.73 Å². The molecule has 0 amide bonds. The molecule has 0 unspecified atom stereocenters. The summed E-state index contributed by atoms with van der Waals surface area (Å²) in [5.41, 5.74) is 8.34. The lowest BCUT2D eigenvalue weighted by atomic mass is 9.64. The van der Waals surface area contributed by atoms with Gasteiger partial charge in [0, 0.05) is 17.3 Å². The smallest absolute Gasteiger partial charge is 0.176 e. The highest BCUT2D eigenvalue weighted by atomic mass is 16.5. The topological polar surface area (TPSA) is 48.4 Å². The second-order valence-corrected chi connectivity index (χ2v) is 5.25. The molecule has 3 nitrogen and oxygen atoms in total. The predicted octanol–water partition coefficient (Wildman–Crippen LogP) is 3.13. The zero-order valence-electron chi connectivity index (χ0n) is 11.0. The molecule has 0 atom stereocenters. The maximum absolute atomic E-state index is 6.01. The number of hydrogen-bond donors (Lipinski definition) is 1. The molecule has 1 aromatic carbocycles. The number of hydrogen-bond acceptors (Lipinski definition) is 3. The molecule has 2 N–H and O–H groups in total. The van der Waals surface area contributed by atoms with Crippen LogP contribution in [0.15, 0.2) is 22.6 Å². The molecule has 0 aliphatic heterocycles. The van der Waals surface area contributed by atoms with Crippen LogP contribution >= 0.6 is 0 Å². The quantitative estimate of drug-likeness (QED) is 0.903. The minimum absolute atomic E-state index is 0.154. The molecule has 2 aromatic rings. The normalized spacial score (nSPS) is 17.7. The van der Waals surface area contributed by atoms with Crippen molar-refractivity contribution in [3.63, 3.8) is 0 Å². The summed E-state index contributed by atoms with van der Waals surface area (Å²) in [4.78, 5) is 0. The Bertz CT molecular complexity index is 576. The van der Waals surface area contributed by atoms with Gasteiger partial charge in [0.25, 0.3) is 0 Å². The largest absolute Gasteiger partial charge is 0.493 e. The van der Waals surface area contributed by atoms with Crippen LogP contribution in [0.2, 0.25) is 0 Å². The molecular weight excluding hydrogens is 226 g/mol. The van der Waals surface area contributed by atoms with E-state index in [0.717, 1.165) is 22.5 Å². The van der Waals surface area contributed by atoms with E-state index in [1.807, 2.05) is 13.0 Å². The summed E-state index contributed by atoms with van der Waals surface area (Å²) in [5, 5.41) is 1.16. The number of methoxy groups -OCH3 is 1. The van der Waals surface area contributed by atoms with Gasteiger partial charge in [-0.15, -0.1) is 0 Å². The van der Waals surface area contributed by atoms with Crippen LogP contribution in [0.4, 0.5) is 0 Å². The van der Waals surface area contributed by atoms with Crippen LogP contribution in [-0.4, -0.2) is 13.7 Å². The van der Waals surface area contributed by atoms with Gasteiger partial charge in [-0.05, 0) is 37.5 Å². The van der Waals surface area contributed by atoms with E-state index < -0.39 is 0 Å². The van der Waals surface area contributed by atoms with Gasteiger partial charge >= 0.3 is 0 Å². The number of aryl methyl sites for hydroxylation is 1. The minimum atomic E-state index is 0.154. The maximum atomic E-state index is 6.01. The molecule has 3 rings (SSSR count). The van der Waals surface area contributed by atoms with Gasteiger partial charge in [-0.25, -0.2) is 0 Å². The van der Waals surface area contributed by atoms with Crippen molar-refractivity contribution in [1.29, 1.82) is 0 Å². The predicted molar refractivity (Wildman–Crippen MR) is 72.1 cm³/mol. The Morgan fingerprint density at radius 3 is 2.72 bits per heavy atom. The number of rotatable bonds is 3. The van der Waals surface area contributed by atoms with E-state index in [2.05, 4.69) is 12.1 Å². The van der Waals surface area contributed by atoms with Crippen LogP contribution < -0.4 is 10.5 Å². The molecule has 96 valence electrons. The Balaban J connectivity index is 2.24. The number of furan rings is 1. The Morgan fingerprint density at radius 1 is 1.39 bits per heavy atom. The van der Waals surface area contributed by atoms with Gasteiger partial charge in [0.05, 0.1) is 7.11 Å². The molecule has 1 aromatic heterocycles. The van der Waals surface area contributed by atoms with E-state index in [1.54, 1.807) is 7.11 Å². The van der Waals surface area contributed by atoms with Crippen LogP contribution in [-0.2, 0) is 5.41 Å². The van der Waals surface area contributed by atoms with Crippen LogP contribution in [0.25, 0.3) is 11.0 Å². The first-order chi connectivity index (χ1) is 8.70. The summed E-state index contributed by atoms with van der Waals surface area (Å²) in [6.07, 6.45) is 3.62. The van der Waals surface area contributed by atoms with Gasteiger partial charge in [-0.3, -0.25) is 0 Å². The van der Waals surface area contributed by atoms with Crippen molar-refractivity contribution in [2.45, 2.75) is 31.6 Å². The molecule has 1 aliphatic carbocycles. The molecule has 0 spiro atoms. The zero-order valence-corrected chi connectivity index (χ0v) is 11.0. The molecule has 1 heterocycles. The highest BCUT2D eigenvalue weighted by Gasteiger charge is 2.39. The lowest BCUT2D eigenvalue weighted by Gasteiger charge is -2.41. The van der Waals surface area contributed by atoms with E-state index in [1.165, 1.54) is 24.8 Å². The van der Waals surface area contributed by atoms with Gasteiger partial charge in [0.1, 0.15) is 5.76 Å². The summed E-state index contributed by atoms with van der Waals surface area (Å²) in [6.45, 7) is 2.68. The summed E-state index contributed by atoms with van der Waals surface area (Å²) in [7, 11) is 1.67. The Hall–Kier alpha value is -1.48. The van der Waals surface area contributed by atoms with E-state index >= 15 is 0 Å². The molecule has 3 heteroatoms. The second-order valence-electron chi connectivity index (χ2n) is 5.25. The van der Waals surface area contributed by atoms with Crippen LogP contribution in [0, 0.1) is 6.92 Å². The zero-order chi connectivity index (χ0) is 12.8. The molecule has 1 aliphatic rings. The molecule has 0 bridgehead atoms. The standard InChI is InChI=1S/C15H19NO2/c1-10-8-11-12(15(9-16)6-3-7-15)4-5-13(17-2)14(11)18-10/h4-5,8H,3,6-7,9,16H2,1-2H3. The molecule has 1 saturated carbocycles. The minimum Gasteiger partial charge on any atom is -0.493 e. The van der Waals surface area contributed by atoms with Crippen LogP contribution in [0.3, 0.4) is 0 Å². The third kappa shape index (κ3) is 1.47. The molecule has 1 fully saturated rings. The third-order valence-corrected chi connectivity index (χ3v) is 4.26. The average Bonchev–Trinajstić information content (AvgIpc) is 2.70. The number of fused-ring (bicyclic) bond motifs is 1. The van der Waals surface area contributed by atoms with Crippen molar-refractivity contribution >= 4 is 11.0 Å². The summed E-state index contributed by atoms with van der Waals surface area (Å²) >= 11 is 0. The van der Waals surface area contributed by atoms with Crippen molar-refractivity contribution in [3.8, 4) is 5.75 Å². The fourth-order valence-corrected chi connectivity index (χ4v) is 3.03. The third-order valence-electron chi connectivity index (χ3n) is 4.26. The summed E-state index contributed by atoms with van der Waals surface area (Å²) < 4.78 is 11.1. The average molecular weight is 245 g/mol. The van der Waals surface area contributed by atoms with E-state index in [4.69, 9.17) is 14.9 Å². The fraction of sp³-hybridized carbons (Fsp3) is 0.467. The first-order valence-corrected chi connectivity index (χ1v) is 6.48. The van der Waals surface area contributed by atoms with Gasteiger partial charge in [0.15, 0.2) is 11.3 Å². The fourth-order valence-electron chi connectivity index (χ4n) is 3.03. The molecular formula is C15H19NO2. The van der Waals surface area contributed by atoms with Crippen LogP contribution in [0.5, 0.6) is 5.75 Å². The highest BCUT2D eigenvalue weighted by molar-refractivity contribution is 5.88. The highest BCUT2D eigenvalue weighted by Crippen LogP contribution is 2.47. The SMILES string of the molecule is COc1ccc(C2(CN)CCC2)c2cc(C)oc12. The van der Waals surface area contributed by atoms with Gasteiger partial charge < -0.3 is 14.9 Å². The maximum Gasteiger partial charge on any atom is 0.176 e. The lowest BCUT2D eigenvalue weighted by molar-refractivity contribution is 0.255. The second kappa shape index (κ2) is 4.02. The summed E-state index contributed by atoms with van der Waals surface area (Å²) in [5.74, 6) is 1.72. The van der Waals surface area contributed by atoms with Crippen LogP contribution in [0.1, 0.15) is 30.6 Å². The van der Waals surface area contributed by atoms with E-state index in [-0.39, 0.29) is 5.41 Å². The van der Waals surface area contributed by atoms with E-state index in [0.29, 0.717) is 6.54 Å². The van der Waals surface area contributed by atoms with Crippen molar-refractivity contribution in [2.75, 3.05) is 13.7 Å². The van der Waals surface area contributed by atoms with E-state index in [9.17, 15) is 0 Å². The number of nitrogens with two attached hydrogens (primary N) is 1. The Labute approximate surface area is 107 Å². The first kappa shape index (κ1) is 11.6. The van der Waals surface area contributed by atoms with Crippen molar-refractivity contribution in [3.05, 3.63) is 29.5 Å². The van der Waals surface area contributed by atoms with Crippen molar-refractivity contribution in [1.82, 2.24) is 0 Å². The first-order valence-electron chi connectivity index (χ1n) is 6.48. The molecule has 18 heavy (non-hydrogen) atoms. The monoisotopic (exact) mass is 245 g/mol. The summed E-state index contributed by atoms with van der Waals surface area (Å²) in [6, 6.07) is 6.25. The Morgan fingerprint density at radius 2 is 2.17 bits per heavy atom. The lowest BCUT2D eigenvalue weighted by Crippen LogP contribution is -2.41. The van der Waals surface area contributed by atoms with Gasteiger partial charge in [0.2, 0.25) is 0 Å².